The smallest absolute Gasteiger partial charge is 0.435 e. The van der Waals surface area contributed by atoms with Crippen LogP contribution >= 0.6 is 11.9 Å². The number of hydrogen-bond donors (Lipinski definition) is 0. The highest BCUT2D eigenvalue weighted by atomic mass is 32.2. The average Bonchev–Trinajstić information content (AvgIpc) is 2.69. The summed E-state index contributed by atoms with van der Waals surface area (Å²) in [4.78, 5) is 13.6. The van der Waals surface area contributed by atoms with Gasteiger partial charge in [-0.3, -0.25) is 4.68 Å². The Morgan fingerprint density at radius 1 is 1.24 bits per heavy atom. The van der Waals surface area contributed by atoms with Crippen molar-refractivity contribution >= 4 is 18.0 Å². The largest absolute Gasteiger partial charge is 0.444 e. The van der Waals surface area contributed by atoms with E-state index in [-0.39, 0.29) is 11.5 Å². The number of alkyl halides is 3. The SMILES string of the molecule is Cn1nc(C(F)(F)F)cc1SN1CC2(C1)CN(C(=O)OC(C)(C)C)C2. The van der Waals surface area contributed by atoms with Gasteiger partial charge >= 0.3 is 12.3 Å². The monoisotopic (exact) mass is 378 g/mol. The third-order valence-corrected chi connectivity index (χ3v) is 5.16. The predicted molar refractivity (Wildman–Crippen MR) is 85.9 cm³/mol. The normalized spacial score (nSPS) is 20.4. The van der Waals surface area contributed by atoms with Gasteiger partial charge in [0.05, 0.1) is 0 Å². The molecule has 0 N–H and O–H groups in total. The Morgan fingerprint density at radius 2 is 1.84 bits per heavy atom. The van der Waals surface area contributed by atoms with Crippen molar-refractivity contribution in [1.82, 2.24) is 19.0 Å². The van der Waals surface area contributed by atoms with Crippen LogP contribution in [0.3, 0.4) is 0 Å². The van der Waals surface area contributed by atoms with Crippen LogP contribution in [-0.4, -0.2) is 56.9 Å². The molecule has 25 heavy (non-hydrogen) atoms. The van der Waals surface area contributed by atoms with E-state index >= 15 is 0 Å². The molecule has 0 aliphatic carbocycles. The lowest BCUT2D eigenvalue weighted by atomic mass is 9.75. The fourth-order valence-corrected chi connectivity index (χ4v) is 4.26. The zero-order chi connectivity index (χ0) is 18.6. The molecule has 0 unspecified atom stereocenters. The van der Waals surface area contributed by atoms with E-state index in [9.17, 15) is 18.0 Å². The molecule has 1 amide bonds. The molecule has 0 atom stereocenters. The number of likely N-dealkylation sites (tertiary alicyclic amines) is 1. The molecule has 2 aliphatic rings. The molecular weight excluding hydrogens is 357 g/mol. The third kappa shape index (κ3) is 3.89. The van der Waals surface area contributed by atoms with Gasteiger partial charge in [0.15, 0.2) is 5.69 Å². The predicted octanol–water partition coefficient (Wildman–Crippen LogP) is 3.00. The first-order valence-electron chi connectivity index (χ1n) is 7.89. The molecule has 2 fully saturated rings. The lowest BCUT2D eigenvalue weighted by Gasteiger charge is -2.59. The van der Waals surface area contributed by atoms with Gasteiger partial charge in [0.2, 0.25) is 0 Å². The summed E-state index contributed by atoms with van der Waals surface area (Å²) in [7, 11) is 1.50. The molecule has 0 aromatic carbocycles. The van der Waals surface area contributed by atoms with E-state index < -0.39 is 17.5 Å². The van der Waals surface area contributed by atoms with E-state index in [4.69, 9.17) is 4.74 Å². The first-order valence-corrected chi connectivity index (χ1v) is 8.66. The fraction of sp³-hybridized carbons (Fsp3) is 0.733. The first kappa shape index (κ1) is 18.4. The van der Waals surface area contributed by atoms with Gasteiger partial charge < -0.3 is 9.64 Å². The van der Waals surface area contributed by atoms with Crippen molar-refractivity contribution < 1.29 is 22.7 Å². The van der Waals surface area contributed by atoms with Crippen molar-refractivity contribution in [3.8, 4) is 0 Å². The summed E-state index contributed by atoms with van der Waals surface area (Å²) in [5.74, 6) is 0. The second-order valence-electron chi connectivity index (χ2n) is 7.71. The van der Waals surface area contributed by atoms with Crippen molar-refractivity contribution in [3.05, 3.63) is 11.8 Å². The van der Waals surface area contributed by atoms with Gasteiger partial charge in [0.25, 0.3) is 0 Å². The van der Waals surface area contributed by atoms with Crippen LogP contribution in [0.1, 0.15) is 26.5 Å². The standard InChI is InChI=1S/C15H21F3N4O2S/c1-13(2,3)24-12(23)21-6-14(7-21)8-22(9-14)25-11-5-10(15(16,17)18)19-20(11)4/h5H,6-9H2,1-4H3. The van der Waals surface area contributed by atoms with E-state index in [0.717, 1.165) is 19.2 Å². The van der Waals surface area contributed by atoms with Crippen LogP contribution in [0.25, 0.3) is 0 Å². The Balaban J connectivity index is 1.48. The van der Waals surface area contributed by atoms with Crippen molar-refractivity contribution in [2.24, 2.45) is 12.5 Å². The molecule has 2 aliphatic heterocycles. The van der Waals surface area contributed by atoms with Gasteiger partial charge in [-0.2, -0.15) is 18.3 Å². The summed E-state index contributed by atoms with van der Waals surface area (Å²) in [5.41, 5.74) is -1.36. The summed E-state index contributed by atoms with van der Waals surface area (Å²) in [6.07, 6.45) is -4.75. The number of rotatable bonds is 2. The van der Waals surface area contributed by atoms with Crippen molar-refractivity contribution in [2.75, 3.05) is 26.2 Å². The minimum Gasteiger partial charge on any atom is -0.444 e. The molecule has 1 aromatic rings. The Bertz CT molecular complexity index is 669. The number of halogens is 3. The summed E-state index contributed by atoms with van der Waals surface area (Å²) in [6, 6.07) is 1.06. The summed E-state index contributed by atoms with van der Waals surface area (Å²) in [6.45, 7) is 8.17. The Hall–Kier alpha value is -1.42. The zero-order valence-corrected chi connectivity index (χ0v) is 15.4. The quantitative estimate of drug-likeness (QED) is 0.741. The molecule has 10 heteroatoms. The number of carbonyl (C=O) groups is 1. The Kier molecular flexibility index (Phi) is 4.26. The molecule has 0 bridgehead atoms. The Morgan fingerprint density at radius 3 is 2.32 bits per heavy atom. The number of carbonyl (C=O) groups excluding carboxylic acids is 1. The topological polar surface area (TPSA) is 50.6 Å². The van der Waals surface area contributed by atoms with Gasteiger partial charge in [-0.25, -0.2) is 9.10 Å². The van der Waals surface area contributed by atoms with Gasteiger partial charge in [-0.05, 0) is 32.7 Å². The van der Waals surface area contributed by atoms with Crippen LogP contribution in [0.5, 0.6) is 0 Å². The molecule has 1 spiro atoms. The first-order chi connectivity index (χ1) is 11.4. The molecule has 3 heterocycles. The second-order valence-corrected chi connectivity index (χ2v) is 8.83. The molecule has 2 saturated heterocycles. The van der Waals surface area contributed by atoms with Crippen LogP contribution in [0.15, 0.2) is 11.1 Å². The lowest BCUT2D eigenvalue weighted by molar-refractivity contribution is -0.141. The lowest BCUT2D eigenvalue weighted by Crippen LogP contribution is -2.71. The fourth-order valence-electron chi connectivity index (χ4n) is 2.99. The number of hydrogen-bond acceptors (Lipinski definition) is 5. The van der Waals surface area contributed by atoms with Crippen molar-refractivity contribution in [3.63, 3.8) is 0 Å². The van der Waals surface area contributed by atoms with Gasteiger partial charge in [0.1, 0.15) is 10.6 Å². The molecule has 6 nitrogen and oxygen atoms in total. The van der Waals surface area contributed by atoms with Gasteiger partial charge in [0, 0.05) is 44.7 Å². The molecule has 1 aromatic heterocycles. The maximum Gasteiger partial charge on any atom is 0.435 e. The summed E-state index contributed by atoms with van der Waals surface area (Å²) < 4.78 is 46.6. The maximum atomic E-state index is 12.7. The minimum atomic E-state index is -4.44. The van der Waals surface area contributed by atoms with E-state index in [1.54, 1.807) is 4.90 Å². The number of aromatic nitrogens is 2. The van der Waals surface area contributed by atoms with Crippen molar-refractivity contribution in [2.45, 2.75) is 37.6 Å². The van der Waals surface area contributed by atoms with E-state index in [2.05, 4.69) is 5.10 Å². The van der Waals surface area contributed by atoms with E-state index in [1.807, 2.05) is 25.1 Å². The summed E-state index contributed by atoms with van der Waals surface area (Å²) in [5, 5.41) is 3.96. The molecular formula is C15H21F3N4O2S. The molecule has 140 valence electrons. The van der Waals surface area contributed by atoms with Gasteiger partial charge in [-0.15, -0.1) is 0 Å². The number of aryl methyl sites for hydroxylation is 1. The highest BCUT2D eigenvalue weighted by Crippen LogP contribution is 2.45. The summed E-state index contributed by atoms with van der Waals surface area (Å²) >= 11 is 1.26. The number of ether oxygens (including phenoxy) is 1. The zero-order valence-electron chi connectivity index (χ0n) is 14.6. The van der Waals surface area contributed by atoms with E-state index in [1.165, 1.54) is 23.7 Å². The maximum absolute atomic E-state index is 12.7. The number of amides is 1. The average molecular weight is 378 g/mol. The Labute approximate surface area is 148 Å². The van der Waals surface area contributed by atoms with Gasteiger partial charge in [-0.1, -0.05) is 0 Å². The van der Waals surface area contributed by atoms with E-state index in [0.29, 0.717) is 18.1 Å². The second kappa shape index (κ2) is 5.80. The van der Waals surface area contributed by atoms with Crippen LogP contribution in [0.2, 0.25) is 0 Å². The van der Waals surface area contributed by atoms with Crippen molar-refractivity contribution in [1.29, 1.82) is 0 Å². The van der Waals surface area contributed by atoms with Crippen LogP contribution in [-0.2, 0) is 18.0 Å². The highest BCUT2D eigenvalue weighted by molar-refractivity contribution is 7.97. The minimum absolute atomic E-state index is 0.0371. The van der Waals surface area contributed by atoms with Crippen LogP contribution < -0.4 is 0 Å². The number of nitrogens with zero attached hydrogens (tertiary/aromatic N) is 4. The molecule has 0 radical (unpaired) electrons. The highest BCUT2D eigenvalue weighted by Gasteiger charge is 2.54. The van der Waals surface area contributed by atoms with Crippen LogP contribution in [0.4, 0.5) is 18.0 Å². The van der Waals surface area contributed by atoms with Crippen LogP contribution in [0, 0.1) is 5.41 Å². The molecule has 3 rings (SSSR count). The molecule has 0 saturated carbocycles. The third-order valence-electron chi connectivity index (χ3n) is 4.08.